The number of halogens is 3. The molecule has 2 N–H and O–H groups in total. The molecule has 8 heteroatoms. The number of hydrogen-bond acceptors (Lipinski definition) is 5. The van der Waals surface area contributed by atoms with Crippen molar-refractivity contribution >= 4 is 0 Å². The van der Waals surface area contributed by atoms with Crippen molar-refractivity contribution in [1.29, 1.82) is 0 Å². The summed E-state index contributed by atoms with van der Waals surface area (Å²) in [5, 5.41) is 13.3. The van der Waals surface area contributed by atoms with Gasteiger partial charge in [-0.25, -0.2) is 4.39 Å². The van der Waals surface area contributed by atoms with Gasteiger partial charge in [0.1, 0.15) is 18.5 Å². The van der Waals surface area contributed by atoms with Crippen molar-refractivity contribution in [3.63, 3.8) is 0 Å². The van der Waals surface area contributed by atoms with Gasteiger partial charge in [-0.05, 0) is 38.0 Å². The van der Waals surface area contributed by atoms with E-state index in [0.717, 1.165) is 18.4 Å². The number of rotatable bonds is 10. The number of aliphatic hydroxyl groups is 1. The summed E-state index contributed by atoms with van der Waals surface area (Å²) in [5.41, 5.74) is 0.736. The Bertz CT molecular complexity index is 813. The number of ether oxygens (including phenoxy) is 3. The highest BCUT2D eigenvalue weighted by molar-refractivity contribution is 5.36. The van der Waals surface area contributed by atoms with Crippen molar-refractivity contribution in [2.45, 2.75) is 31.9 Å². The lowest BCUT2D eigenvalue weighted by molar-refractivity contribution is 0.0959. The normalized spacial score (nSPS) is 12.6. The molecule has 0 fully saturated rings. The van der Waals surface area contributed by atoms with Crippen LogP contribution in [0.5, 0.6) is 17.2 Å². The predicted octanol–water partition coefficient (Wildman–Crippen LogP) is 3.47. The fourth-order valence-electron chi connectivity index (χ4n) is 2.80. The molecule has 0 aliphatic carbocycles. The van der Waals surface area contributed by atoms with E-state index >= 15 is 0 Å². The SMILES string of the molecule is COc1ccc(CC(C)(C)NCC(O)COc2cc(F)c(OC)c(F)c2F)cc1. The molecule has 0 heterocycles. The average molecular weight is 413 g/mol. The zero-order valence-electron chi connectivity index (χ0n) is 16.9. The van der Waals surface area contributed by atoms with E-state index in [4.69, 9.17) is 9.47 Å². The Kier molecular flexibility index (Phi) is 7.75. The van der Waals surface area contributed by atoms with Crippen LogP contribution in [0.15, 0.2) is 30.3 Å². The highest BCUT2D eigenvalue weighted by Crippen LogP contribution is 2.30. The lowest BCUT2D eigenvalue weighted by Gasteiger charge is -2.28. The van der Waals surface area contributed by atoms with Gasteiger partial charge >= 0.3 is 0 Å². The van der Waals surface area contributed by atoms with Crippen LogP contribution in [0, 0.1) is 17.5 Å². The largest absolute Gasteiger partial charge is 0.497 e. The number of methoxy groups -OCH3 is 2. The number of benzene rings is 2. The van der Waals surface area contributed by atoms with E-state index < -0.39 is 35.1 Å². The Morgan fingerprint density at radius 2 is 1.69 bits per heavy atom. The van der Waals surface area contributed by atoms with Gasteiger partial charge in [-0.2, -0.15) is 8.78 Å². The Morgan fingerprint density at radius 3 is 2.28 bits per heavy atom. The summed E-state index contributed by atoms with van der Waals surface area (Å²) in [6, 6.07) is 8.34. The van der Waals surface area contributed by atoms with E-state index in [0.29, 0.717) is 12.5 Å². The summed E-state index contributed by atoms with van der Waals surface area (Å²) in [6.07, 6.45) is -0.327. The summed E-state index contributed by atoms with van der Waals surface area (Å²) >= 11 is 0. The summed E-state index contributed by atoms with van der Waals surface area (Å²) in [5.74, 6) is -4.62. The quantitative estimate of drug-likeness (QED) is 0.584. The van der Waals surface area contributed by atoms with Gasteiger partial charge in [-0.3, -0.25) is 0 Å². The van der Waals surface area contributed by atoms with Crippen LogP contribution in [0.2, 0.25) is 0 Å². The van der Waals surface area contributed by atoms with Crippen molar-refractivity contribution in [3.8, 4) is 17.2 Å². The molecular weight excluding hydrogens is 387 g/mol. The number of β-amino-alcohol motifs (C(OH)–C–C–N with tert-alkyl or cyclic N) is 1. The van der Waals surface area contributed by atoms with Crippen molar-refractivity contribution in [1.82, 2.24) is 5.32 Å². The monoisotopic (exact) mass is 413 g/mol. The highest BCUT2D eigenvalue weighted by atomic mass is 19.2. The first kappa shape index (κ1) is 22.8. The zero-order valence-corrected chi connectivity index (χ0v) is 16.9. The predicted molar refractivity (Wildman–Crippen MR) is 103 cm³/mol. The molecule has 160 valence electrons. The minimum Gasteiger partial charge on any atom is -0.497 e. The van der Waals surface area contributed by atoms with Crippen molar-refractivity contribution in [3.05, 3.63) is 53.3 Å². The van der Waals surface area contributed by atoms with E-state index in [1.54, 1.807) is 7.11 Å². The maximum Gasteiger partial charge on any atom is 0.207 e. The maximum atomic E-state index is 13.9. The third-order valence-electron chi connectivity index (χ3n) is 4.34. The third kappa shape index (κ3) is 6.27. The fraction of sp³-hybridized carbons (Fsp3) is 0.429. The lowest BCUT2D eigenvalue weighted by atomic mass is 9.94. The van der Waals surface area contributed by atoms with Gasteiger partial charge in [0, 0.05) is 18.2 Å². The molecule has 0 spiro atoms. The topological polar surface area (TPSA) is 60.0 Å². The maximum absolute atomic E-state index is 13.9. The molecule has 2 aromatic rings. The van der Waals surface area contributed by atoms with E-state index in [1.165, 1.54) is 0 Å². The second-order valence-electron chi connectivity index (χ2n) is 7.27. The number of hydrogen-bond donors (Lipinski definition) is 2. The van der Waals surface area contributed by atoms with Gasteiger partial charge in [0.05, 0.1) is 14.2 Å². The molecule has 5 nitrogen and oxygen atoms in total. The molecule has 0 bridgehead atoms. The molecule has 2 rings (SSSR count). The molecule has 2 aromatic carbocycles. The lowest BCUT2D eigenvalue weighted by Crippen LogP contribution is -2.46. The van der Waals surface area contributed by atoms with E-state index in [9.17, 15) is 18.3 Å². The van der Waals surface area contributed by atoms with Crippen LogP contribution in [-0.4, -0.2) is 44.1 Å². The van der Waals surface area contributed by atoms with Gasteiger partial charge in [0.25, 0.3) is 0 Å². The summed E-state index contributed by atoms with van der Waals surface area (Å²) < 4.78 is 55.9. The molecular formula is C21H26F3NO4. The van der Waals surface area contributed by atoms with Crippen LogP contribution >= 0.6 is 0 Å². The zero-order chi connectivity index (χ0) is 21.6. The smallest absolute Gasteiger partial charge is 0.207 e. The van der Waals surface area contributed by atoms with Crippen LogP contribution in [0.25, 0.3) is 0 Å². The van der Waals surface area contributed by atoms with E-state index in [2.05, 4.69) is 10.1 Å². The van der Waals surface area contributed by atoms with Gasteiger partial charge in [-0.1, -0.05) is 12.1 Å². The molecule has 29 heavy (non-hydrogen) atoms. The van der Waals surface area contributed by atoms with Crippen LogP contribution in [0.3, 0.4) is 0 Å². The van der Waals surface area contributed by atoms with Crippen LogP contribution in [-0.2, 0) is 6.42 Å². The average Bonchev–Trinajstić information content (AvgIpc) is 2.69. The van der Waals surface area contributed by atoms with Crippen LogP contribution in [0.1, 0.15) is 19.4 Å². The summed E-state index contributed by atoms with van der Waals surface area (Å²) in [4.78, 5) is 0. The molecule has 0 aromatic heterocycles. The molecule has 0 saturated heterocycles. The van der Waals surface area contributed by atoms with Crippen LogP contribution < -0.4 is 19.5 Å². The Morgan fingerprint density at radius 1 is 1.03 bits per heavy atom. The molecule has 0 radical (unpaired) electrons. The first-order chi connectivity index (χ1) is 13.7. The second kappa shape index (κ2) is 9.84. The molecule has 1 atom stereocenters. The first-order valence-corrected chi connectivity index (χ1v) is 9.07. The second-order valence-corrected chi connectivity index (χ2v) is 7.27. The van der Waals surface area contributed by atoms with E-state index in [1.807, 2.05) is 38.1 Å². The molecule has 0 aliphatic rings. The van der Waals surface area contributed by atoms with Crippen molar-refractivity contribution in [2.24, 2.45) is 0 Å². The van der Waals surface area contributed by atoms with Gasteiger partial charge in [0.15, 0.2) is 17.3 Å². The summed E-state index contributed by atoms with van der Waals surface area (Å²) in [7, 11) is 2.63. The van der Waals surface area contributed by atoms with Crippen LogP contribution in [0.4, 0.5) is 13.2 Å². The molecule has 0 aliphatic heterocycles. The van der Waals surface area contributed by atoms with Gasteiger partial charge in [0.2, 0.25) is 11.6 Å². The first-order valence-electron chi connectivity index (χ1n) is 9.07. The fourth-order valence-corrected chi connectivity index (χ4v) is 2.80. The molecule has 1 unspecified atom stereocenters. The molecule has 0 saturated carbocycles. The van der Waals surface area contributed by atoms with Crippen molar-refractivity contribution < 1.29 is 32.5 Å². The summed E-state index contributed by atoms with van der Waals surface area (Å²) in [6.45, 7) is 3.75. The Hall–Kier alpha value is -2.45. The third-order valence-corrected chi connectivity index (χ3v) is 4.34. The Labute approximate surface area is 168 Å². The number of aliphatic hydroxyl groups excluding tert-OH is 1. The van der Waals surface area contributed by atoms with Gasteiger partial charge in [-0.15, -0.1) is 0 Å². The van der Waals surface area contributed by atoms with Gasteiger partial charge < -0.3 is 24.6 Å². The molecule has 0 amide bonds. The minimum atomic E-state index is -1.48. The number of nitrogens with one attached hydrogen (secondary N) is 1. The Balaban J connectivity index is 1.88. The minimum absolute atomic E-state index is 0.145. The van der Waals surface area contributed by atoms with E-state index in [-0.39, 0.29) is 18.7 Å². The standard InChI is InChI=1S/C21H26F3NO4/c1-21(2,10-13-5-7-15(27-3)8-6-13)25-11-14(26)12-29-17-9-16(22)20(28-4)19(24)18(17)23/h5-9,14,25-26H,10-12H2,1-4H3. The highest BCUT2D eigenvalue weighted by Gasteiger charge is 2.22. The van der Waals surface area contributed by atoms with Crippen molar-refractivity contribution in [2.75, 3.05) is 27.4 Å².